The Morgan fingerprint density at radius 3 is 2.50 bits per heavy atom. The Morgan fingerprint density at radius 2 is 1.92 bits per heavy atom. The second-order valence-electron chi connectivity index (χ2n) is 7.57. The van der Waals surface area contributed by atoms with Crippen LogP contribution in [-0.4, -0.2) is 36.6 Å². The minimum absolute atomic E-state index is 0.0831. The molecule has 1 saturated heterocycles. The van der Waals surface area contributed by atoms with Crippen molar-refractivity contribution in [2.24, 2.45) is 11.8 Å². The third-order valence-corrected chi connectivity index (χ3v) is 4.97. The van der Waals surface area contributed by atoms with E-state index in [1.807, 2.05) is 6.07 Å². The average molecular weight is 332 g/mol. The summed E-state index contributed by atoms with van der Waals surface area (Å²) in [6.45, 7) is 9.45. The highest BCUT2D eigenvalue weighted by Gasteiger charge is 2.44. The normalized spacial score (nSPS) is 22.5. The zero-order valence-corrected chi connectivity index (χ0v) is 15.8. The first-order valence-corrected chi connectivity index (χ1v) is 9.24. The predicted octanol–water partition coefficient (Wildman–Crippen LogP) is 3.17. The molecule has 0 radical (unpaired) electrons. The largest absolute Gasteiger partial charge is 0.354 e. The van der Waals surface area contributed by atoms with Crippen LogP contribution in [0.15, 0.2) is 30.3 Å². The van der Waals surface area contributed by atoms with Crippen LogP contribution < -0.4 is 10.6 Å². The van der Waals surface area contributed by atoms with Gasteiger partial charge in [-0.2, -0.15) is 0 Å². The predicted molar refractivity (Wildman–Crippen MR) is 99.6 cm³/mol. The number of nitrogens with zero attached hydrogens (tertiary/aromatic N) is 1. The Morgan fingerprint density at radius 1 is 1.25 bits per heavy atom. The molecule has 3 unspecified atom stereocenters. The van der Waals surface area contributed by atoms with Crippen molar-refractivity contribution < 1.29 is 4.79 Å². The number of nitrogens with one attached hydrogen (secondary N) is 2. The SMILES string of the molecule is CCC(C)CNC(=O)[C@H](CC(C)C)N(C)C1NC1c1ccccc1. The van der Waals surface area contributed by atoms with Gasteiger partial charge in [-0.25, -0.2) is 0 Å². The molecule has 4 nitrogen and oxygen atoms in total. The molecule has 1 amide bonds. The maximum atomic E-state index is 12.7. The highest BCUT2D eigenvalue weighted by Crippen LogP contribution is 2.33. The molecule has 2 rings (SSSR count). The van der Waals surface area contributed by atoms with E-state index in [1.54, 1.807) is 0 Å². The van der Waals surface area contributed by atoms with E-state index in [1.165, 1.54) is 5.56 Å². The number of hydrogen-bond donors (Lipinski definition) is 2. The highest BCUT2D eigenvalue weighted by molar-refractivity contribution is 5.81. The van der Waals surface area contributed by atoms with Gasteiger partial charge in [-0.1, -0.05) is 64.4 Å². The topological polar surface area (TPSA) is 54.3 Å². The highest BCUT2D eigenvalue weighted by atomic mass is 16.2. The summed E-state index contributed by atoms with van der Waals surface area (Å²) in [5.74, 6) is 1.17. The first-order valence-electron chi connectivity index (χ1n) is 9.24. The number of rotatable bonds is 9. The number of carbonyl (C=O) groups excluding carboxylic acids is 1. The van der Waals surface area contributed by atoms with Gasteiger partial charge in [0.25, 0.3) is 0 Å². The van der Waals surface area contributed by atoms with Crippen LogP contribution in [0.2, 0.25) is 0 Å². The van der Waals surface area contributed by atoms with Gasteiger partial charge in [-0.3, -0.25) is 15.0 Å². The fourth-order valence-corrected chi connectivity index (χ4v) is 3.06. The van der Waals surface area contributed by atoms with Gasteiger partial charge >= 0.3 is 0 Å². The third-order valence-electron chi connectivity index (χ3n) is 4.97. The average Bonchev–Trinajstić information content (AvgIpc) is 3.38. The summed E-state index contributed by atoms with van der Waals surface area (Å²) in [4.78, 5) is 14.9. The van der Waals surface area contributed by atoms with Crippen LogP contribution in [0.4, 0.5) is 0 Å². The van der Waals surface area contributed by atoms with E-state index in [0.717, 1.165) is 19.4 Å². The van der Waals surface area contributed by atoms with Crippen molar-refractivity contribution in [3.8, 4) is 0 Å². The Balaban J connectivity index is 1.98. The van der Waals surface area contributed by atoms with Gasteiger partial charge in [0.2, 0.25) is 5.91 Å². The molecule has 24 heavy (non-hydrogen) atoms. The molecule has 1 aliphatic rings. The van der Waals surface area contributed by atoms with Crippen LogP contribution in [0.25, 0.3) is 0 Å². The van der Waals surface area contributed by atoms with Crippen molar-refractivity contribution in [1.82, 2.24) is 15.5 Å². The Kier molecular flexibility index (Phi) is 6.81. The van der Waals surface area contributed by atoms with Crippen molar-refractivity contribution in [2.45, 2.75) is 58.8 Å². The van der Waals surface area contributed by atoms with Gasteiger partial charge < -0.3 is 5.32 Å². The molecule has 1 heterocycles. The van der Waals surface area contributed by atoms with Crippen LogP contribution in [-0.2, 0) is 4.79 Å². The quantitative estimate of drug-likeness (QED) is 0.683. The van der Waals surface area contributed by atoms with E-state index in [2.05, 4.69) is 74.5 Å². The molecule has 134 valence electrons. The van der Waals surface area contributed by atoms with Gasteiger partial charge in [-0.15, -0.1) is 0 Å². The molecule has 0 bridgehead atoms. The molecule has 1 fully saturated rings. The molecule has 0 aliphatic carbocycles. The molecule has 4 atom stereocenters. The van der Waals surface area contributed by atoms with E-state index >= 15 is 0 Å². The van der Waals surface area contributed by atoms with E-state index in [4.69, 9.17) is 0 Å². The summed E-state index contributed by atoms with van der Waals surface area (Å²) < 4.78 is 0. The summed E-state index contributed by atoms with van der Waals surface area (Å²) in [6, 6.07) is 10.7. The lowest BCUT2D eigenvalue weighted by Gasteiger charge is -2.28. The third kappa shape index (κ3) is 5.05. The number of likely N-dealkylation sites (N-methyl/N-ethyl adjacent to an activating group) is 1. The van der Waals surface area contributed by atoms with E-state index in [9.17, 15) is 4.79 Å². The first kappa shape index (κ1) is 18.9. The Bertz CT molecular complexity index is 517. The molecule has 1 aromatic carbocycles. The van der Waals surface area contributed by atoms with Crippen molar-refractivity contribution >= 4 is 5.91 Å². The van der Waals surface area contributed by atoms with Crippen LogP contribution in [0.1, 0.15) is 52.1 Å². The van der Waals surface area contributed by atoms with Gasteiger partial charge in [0.1, 0.15) is 0 Å². The van der Waals surface area contributed by atoms with Crippen LogP contribution in [0.3, 0.4) is 0 Å². The first-order chi connectivity index (χ1) is 11.4. The summed E-state index contributed by atoms with van der Waals surface area (Å²) >= 11 is 0. The maximum absolute atomic E-state index is 12.7. The van der Waals surface area contributed by atoms with Gasteiger partial charge in [-0.05, 0) is 30.9 Å². The Hall–Kier alpha value is -1.39. The molecule has 4 heteroatoms. The smallest absolute Gasteiger partial charge is 0.237 e. The minimum Gasteiger partial charge on any atom is -0.354 e. The fraction of sp³-hybridized carbons (Fsp3) is 0.650. The fourth-order valence-electron chi connectivity index (χ4n) is 3.06. The molecular weight excluding hydrogens is 298 g/mol. The summed E-state index contributed by atoms with van der Waals surface area (Å²) in [7, 11) is 2.07. The number of amides is 1. The molecule has 1 aliphatic heterocycles. The molecule has 0 aromatic heterocycles. The van der Waals surface area contributed by atoms with Gasteiger partial charge in [0.15, 0.2) is 0 Å². The zero-order valence-electron chi connectivity index (χ0n) is 15.8. The monoisotopic (exact) mass is 331 g/mol. The lowest BCUT2D eigenvalue weighted by Crippen LogP contribution is -2.48. The van der Waals surface area contributed by atoms with Crippen molar-refractivity contribution in [2.75, 3.05) is 13.6 Å². The summed E-state index contributed by atoms with van der Waals surface area (Å²) in [5, 5.41) is 6.66. The second-order valence-corrected chi connectivity index (χ2v) is 7.57. The van der Waals surface area contributed by atoms with Gasteiger partial charge in [0, 0.05) is 6.54 Å². The molecule has 0 spiro atoms. The lowest BCUT2D eigenvalue weighted by molar-refractivity contribution is -0.127. The minimum atomic E-state index is -0.0831. The number of benzene rings is 1. The zero-order chi connectivity index (χ0) is 17.7. The van der Waals surface area contributed by atoms with Crippen LogP contribution >= 0.6 is 0 Å². The standard InChI is InChI=1S/C20H33N3O/c1-6-15(4)13-21-20(24)17(12-14(2)3)23(5)19-18(22-19)16-10-8-7-9-11-16/h7-11,14-15,17-19,22H,6,12-13H2,1-5H3,(H,21,24)/t15?,17-,18?,19?/m0/s1. The second kappa shape index (κ2) is 8.63. The van der Waals surface area contributed by atoms with E-state index in [0.29, 0.717) is 17.9 Å². The maximum Gasteiger partial charge on any atom is 0.237 e. The van der Waals surface area contributed by atoms with E-state index < -0.39 is 0 Å². The molecule has 1 aromatic rings. The van der Waals surface area contributed by atoms with Gasteiger partial charge in [0.05, 0.1) is 18.2 Å². The molecule has 0 saturated carbocycles. The molecule has 2 N–H and O–H groups in total. The van der Waals surface area contributed by atoms with Crippen molar-refractivity contribution in [1.29, 1.82) is 0 Å². The van der Waals surface area contributed by atoms with Crippen molar-refractivity contribution in [3.05, 3.63) is 35.9 Å². The Labute approximate surface area is 147 Å². The van der Waals surface area contributed by atoms with Crippen LogP contribution in [0, 0.1) is 11.8 Å². The van der Waals surface area contributed by atoms with E-state index in [-0.39, 0.29) is 18.1 Å². The number of carbonyl (C=O) groups is 1. The summed E-state index contributed by atoms with van der Waals surface area (Å²) in [6.07, 6.45) is 2.21. The molecular formula is C20H33N3O. The van der Waals surface area contributed by atoms with Crippen molar-refractivity contribution in [3.63, 3.8) is 0 Å². The lowest BCUT2D eigenvalue weighted by atomic mass is 10.0. The van der Waals surface area contributed by atoms with Crippen LogP contribution in [0.5, 0.6) is 0 Å². The number of hydrogen-bond acceptors (Lipinski definition) is 3. The summed E-state index contributed by atoms with van der Waals surface area (Å²) in [5.41, 5.74) is 1.29.